The van der Waals surface area contributed by atoms with E-state index in [1.165, 1.54) is 0 Å². The molecular weight excluding hydrogens is 439 g/mol. The van der Waals surface area contributed by atoms with Crippen LogP contribution in [0.25, 0.3) is 0 Å². The zero-order chi connectivity index (χ0) is 16.9. The van der Waals surface area contributed by atoms with Crippen molar-refractivity contribution in [1.82, 2.24) is 16.0 Å². The molecule has 7 heteroatoms. The van der Waals surface area contributed by atoms with Crippen molar-refractivity contribution in [3.63, 3.8) is 0 Å². The number of hydrogen-bond donors (Lipinski definition) is 3. The summed E-state index contributed by atoms with van der Waals surface area (Å²) in [5.74, 6) is 0.769. The second kappa shape index (κ2) is 14.3. The number of rotatable bonds is 9. The molecule has 0 aliphatic rings. The van der Waals surface area contributed by atoms with Crippen molar-refractivity contribution in [2.45, 2.75) is 33.1 Å². The van der Waals surface area contributed by atoms with Crippen molar-refractivity contribution in [2.75, 3.05) is 26.2 Å². The monoisotopic (exact) mass is 466 g/mol. The number of carbonyl (C=O) groups excluding carboxylic acids is 1. The van der Waals surface area contributed by atoms with Gasteiger partial charge in [0.05, 0.1) is 6.54 Å². The highest BCUT2D eigenvalue weighted by atomic mass is 127. The Kier molecular flexibility index (Phi) is 13.7. The molecule has 0 aliphatic heterocycles. The first-order valence-electron chi connectivity index (χ1n) is 8.19. The van der Waals surface area contributed by atoms with Crippen molar-refractivity contribution in [2.24, 2.45) is 4.99 Å². The minimum absolute atomic E-state index is 0. The van der Waals surface area contributed by atoms with Crippen molar-refractivity contribution in [3.8, 4) is 0 Å². The van der Waals surface area contributed by atoms with E-state index in [-0.39, 0.29) is 29.9 Å². The highest BCUT2D eigenvalue weighted by molar-refractivity contribution is 14.0. The minimum atomic E-state index is 0. The molecule has 5 nitrogen and oxygen atoms in total. The van der Waals surface area contributed by atoms with Crippen LogP contribution in [0.1, 0.15) is 32.3 Å². The highest BCUT2D eigenvalue weighted by Crippen LogP contribution is 2.14. The molecule has 1 rings (SSSR count). The van der Waals surface area contributed by atoms with Gasteiger partial charge in [-0.25, -0.2) is 0 Å². The summed E-state index contributed by atoms with van der Waals surface area (Å²) < 4.78 is 0. The molecule has 1 aromatic rings. The van der Waals surface area contributed by atoms with Crippen LogP contribution in [0.4, 0.5) is 0 Å². The van der Waals surface area contributed by atoms with E-state index in [9.17, 15) is 4.79 Å². The third kappa shape index (κ3) is 9.97. The molecule has 0 spiro atoms. The maximum atomic E-state index is 11.5. The topological polar surface area (TPSA) is 65.5 Å². The fourth-order valence-electron chi connectivity index (χ4n) is 1.98. The summed E-state index contributed by atoms with van der Waals surface area (Å²) >= 11 is 6.14. The second-order valence-corrected chi connectivity index (χ2v) is 5.54. The average molecular weight is 467 g/mol. The molecule has 24 heavy (non-hydrogen) atoms. The van der Waals surface area contributed by atoms with Gasteiger partial charge in [0.25, 0.3) is 0 Å². The molecule has 0 radical (unpaired) electrons. The van der Waals surface area contributed by atoms with Gasteiger partial charge in [0.15, 0.2) is 5.96 Å². The quantitative estimate of drug-likeness (QED) is 0.298. The molecule has 1 amide bonds. The molecule has 3 N–H and O–H groups in total. The standard InChI is InChI=1S/C17H27ClN4O.HI/c1-3-11-20-16(23)10-13-22-17(19-4-2)21-12-9-14-7-5-6-8-15(14)18;/h5-8H,3-4,9-13H2,1-2H3,(H,20,23)(H2,19,21,22);1H. The predicted octanol–water partition coefficient (Wildman–Crippen LogP) is 2.97. The molecular formula is C17H28ClIN4O. The van der Waals surface area contributed by atoms with E-state index < -0.39 is 0 Å². The van der Waals surface area contributed by atoms with Crippen molar-refractivity contribution in [3.05, 3.63) is 34.9 Å². The lowest BCUT2D eigenvalue weighted by atomic mass is 10.1. The Bertz CT molecular complexity index is 511. The number of hydrogen-bond acceptors (Lipinski definition) is 2. The number of halogens is 2. The largest absolute Gasteiger partial charge is 0.357 e. The van der Waals surface area contributed by atoms with Crippen molar-refractivity contribution >= 4 is 47.4 Å². The maximum Gasteiger partial charge on any atom is 0.221 e. The molecule has 0 heterocycles. The highest BCUT2D eigenvalue weighted by Gasteiger charge is 2.02. The Morgan fingerprint density at radius 3 is 2.54 bits per heavy atom. The van der Waals surface area contributed by atoms with E-state index in [2.05, 4.69) is 20.9 Å². The predicted molar refractivity (Wildman–Crippen MR) is 112 cm³/mol. The number of guanidine groups is 1. The zero-order valence-corrected chi connectivity index (χ0v) is 17.5. The van der Waals surface area contributed by atoms with Gasteiger partial charge in [-0.2, -0.15) is 0 Å². The fraction of sp³-hybridized carbons (Fsp3) is 0.529. The van der Waals surface area contributed by atoms with Gasteiger partial charge in [0.2, 0.25) is 5.91 Å². The van der Waals surface area contributed by atoms with Gasteiger partial charge in [0, 0.05) is 31.1 Å². The summed E-state index contributed by atoms with van der Waals surface area (Å²) in [4.78, 5) is 16.0. The smallest absolute Gasteiger partial charge is 0.221 e. The summed E-state index contributed by atoms with van der Waals surface area (Å²) in [6.45, 7) is 6.75. The molecule has 0 bridgehead atoms. The van der Waals surface area contributed by atoms with Gasteiger partial charge in [0.1, 0.15) is 0 Å². The molecule has 0 aromatic heterocycles. The molecule has 0 fully saturated rings. The first kappa shape index (κ1) is 23.0. The average Bonchev–Trinajstić information content (AvgIpc) is 2.54. The van der Waals surface area contributed by atoms with E-state index in [0.717, 1.165) is 49.0 Å². The number of benzene rings is 1. The Morgan fingerprint density at radius 1 is 1.12 bits per heavy atom. The van der Waals surface area contributed by atoms with Crippen LogP contribution in [0, 0.1) is 0 Å². The first-order valence-corrected chi connectivity index (χ1v) is 8.57. The number of nitrogens with one attached hydrogen (secondary N) is 3. The summed E-state index contributed by atoms with van der Waals surface area (Å²) in [5, 5.41) is 10.1. The summed E-state index contributed by atoms with van der Waals surface area (Å²) in [5.41, 5.74) is 1.11. The van der Waals surface area contributed by atoms with Crippen LogP contribution in [0.3, 0.4) is 0 Å². The van der Waals surface area contributed by atoms with Gasteiger partial charge in [-0.05, 0) is 31.4 Å². The number of amides is 1. The Labute approximate surface area is 167 Å². The van der Waals surface area contributed by atoms with E-state index >= 15 is 0 Å². The number of nitrogens with zero attached hydrogens (tertiary/aromatic N) is 1. The Morgan fingerprint density at radius 2 is 1.88 bits per heavy atom. The van der Waals surface area contributed by atoms with Crippen molar-refractivity contribution in [1.29, 1.82) is 0 Å². The minimum Gasteiger partial charge on any atom is -0.357 e. The van der Waals surface area contributed by atoms with Crippen molar-refractivity contribution < 1.29 is 4.79 Å². The van der Waals surface area contributed by atoms with Crippen LogP contribution in [0.15, 0.2) is 29.3 Å². The lowest BCUT2D eigenvalue weighted by Gasteiger charge is -2.11. The van der Waals surface area contributed by atoms with E-state index in [1.54, 1.807) is 0 Å². The van der Waals surface area contributed by atoms with Gasteiger partial charge >= 0.3 is 0 Å². The summed E-state index contributed by atoms with van der Waals surface area (Å²) in [6, 6.07) is 7.82. The van der Waals surface area contributed by atoms with Crippen LogP contribution < -0.4 is 16.0 Å². The Balaban J connectivity index is 0.00000529. The second-order valence-electron chi connectivity index (χ2n) is 5.13. The van der Waals surface area contributed by atoms with Gasteiger partial charge in [-0.15, -0.1) is 24.0 Å². The summed E-state index contributed by atoms with van der Waals surface area (Å²) in [6.07, 6.45) is 2.17. The zero-order valence-electron chi connectivity index (χ0n) is 14.4. The third-order valence-corrected chi connectivity index (χ3v) is 3.54. The molecule has 1 aromatic carbocycles. The van der Waals surface area contributed by atoms with Gasteiger partial charge in [-0.3, -0.25) is 9.79 Å². The van der Waals surface area contributed by atoms with Crippen LogP contribution in [-0.2, 0) is 11.2 Å². The molecule has 136 valence electrons. The lowest BCUT2D eigenvalue weighted by Crippen LogP contribution is -2.38. The van der Waals surface area contributed by atoms with Gasteiger partial charge in [-0.1, -0.05) is 36.7 Å². The molecule has 0 aliphatic carbocycles. The van der Waals surface area contributed by atoms with Crippen LogP contribution >= 0.6 is 35.6 Å². The molecule has 0 saturated carbocycles. The normalized spacial score (nSPS) is 10.7. The fourth-order valence-corrected chi connectivity index (χ4v) is 2.21. The van der Waals surface area contributed by atoms with E-state index in [0.29, 0.717) is 13.0 Å². The summed E-state index contributed by atoms with van der Waals surface area (Å²) in [7, 11) is 0. The van der Waals surface area contributed by atoms with E-state index in [1.807, 2.05) is 38.1 Å². The lowest BCUT2D eigenvalue weighted by molar-refractivity contribution is -0.120. The molecule has 0 saturated heterocycles. The van der Waals surface area contributed by atoms with Gasteiger partial charge < -0.3 is 16.0 Å². The SMILES string of the molecule is CCCNC(=O)CCN=C(NCC)NCCc1ccccc1Cl.I. The Hall–Kier alpha value is -1.02. The van der Waals surface area contributed by atoms with Crippen LogP contribution in [0.5, 0.6) is 0 Å². The van der Waals surface area contributed by atoms with E-state index in [4.69, 9.17) is 11.6 Å². The molecule has 0 atom stereocenters. The first-order chi connectivity index (χ1) is 11.2. The van der Waals surface area contributed by atoms with Crippen LogP contribution in [0.2, 0.25) is 5.02 Å². The molecule has 0 unspecified atom stereocenters. The third-order valence-electron chi connectivity index (χ3n) is 3.17. The maximum absolute atomic E-state index is 11.5. The van der Waals surface area contributed by atoms with Crippen LogP contribution in [-0.4, -0.2) is 38.0 Å². The number of carbonyl (C=O) groups is 1. The number of aliphatic imine (C=N–C) groups is 1.